The lowest BCUT2D eigenvalue weighted by Crippen LogP contribution is -2.45. The van der Waals surface area contributed by atoms with E-state index in [4.69, 9.17) is 4.74 Å². The zero-order valence-electron chi connectivity index (χ0n) is 19.9. The van der Waals surface area contributed by atoms with Crippen LogP contribution >= 0.6 is 0 Å². The van der Waals surface area contributed by atoms with Crippen molar-refractivity contribution in [1.82, 2.24) is 14.5 Å². The Labute approximate surface area is 196 Å². The maximum absolute atomic E-state index is 16.5. The lowest BCUT2D eigenvalue weighted by atomic mass is 10.1. The predicted molar refractivity (Wildman–Crippen MR) is 134 cm³/mol. The second-order valence-electron chi connectivity index (χ2n) is 9.17. The number of halogens is 1. The summed E-state index contributed by atoms with van der Waals surface area (Å²) in [6, 6.07) is 8.92. The molecule has 0 aliphatic carbocycles. The van der Waals surface area contributed by atoms with Gasteiger partial charge in [0.15, 0.2) is 11.2 Å². The molecule has 2 aromatic heterocycles. The minimum absolute atomic E-state index is 0.123. The molecule has 0 saturated carbocycles. The fourth-order valence-corrected chi connectivity index (χ4v) is 5.03. The molecular formula is C26H28FN5O2. The maximum atomic E-state index is 16.5. The summed E-state index contributed by atoms with van der Waals surface area (Å²) in [5.41, 5.74) is 2.18. The minimum atomic E-state index is -0.436. The van der Waals surface area contributed by atoms with E-state index in [1.54, 1.807) is 24.3 Å². The SMILES string of the molecule is CCOc1cc2c(=O)c3c4ccc(C#N)cc4[nH]c3n(C(C)C)c2c(F)c1N1CCN(C)CC1. The fourth-order valence-electron chi connectivity index (χ4n) is 5.03. The van der Waals surface area contributed by atoms with E-state index in [0.29, 0.717) is 58.6 Å². The molecule has 0 spiro atoms. The van der Waals surface area contributed by atoms with Crippen LogP contribution in [-0.2, 0) is 0 Å². The number of hydrogen-bond donors (Lipinski definition) is 1. The minimum Gasteiger partial charge on any atom is -0.492 e. The van der Waals surface area contributed by atoms with Gasteiger partial charge < -0.3 is 24.1 Å². The molecule has 3 heterocycles. The molecule has 0 radical (unpaired) electrons. The summed E-state index contributed by atoms with van der Waals surface area (Å²) in [6.45, 7) is 9.17. The van der Waals surface area contributed by atoms with E-state index in [-0.39, 0.29) is 17.0 Å². The lowest BCUT2D eigenvalue weighted by molar-refractivity contribution is 0.305. The number of likely N-dealkylation sites (N-methyl/N-ethyl adjacent to an activating group) is 1. The molecule has 34 heavy (non-hydrogen) atoms. The van der Waals surface area contributed by atoms with E-state index in [9.17, 15) is 10.1 Å². The number of nitriles is 1. The molecule has 1 saturated heterocycles. The molecule has 1 fully saturated rings. The Morgan fingerprint density at radius 2 is 1.91 bits per heavy atom. The summed E-state index contributed by atoms with van der Waals surface area (Å²) in [5, 5.41) is 10.8. The molecule has 0 bridgehead atoms. The monoisotopic (exact) mass is 461 g/mol. The number of nitrogens with zero attached hydrogens (tertiary/aromatic N) is 4. The molecule has 4 aromatic rings. The molecule has 0 atom stereocenters. The molecule has 2 aromatic carbocycles. The number of aromatic nitrogens is 2. The number of H-pyrrole nitrogens is 1. The van der Waals surface area contributed by atoms with Gasteiger partial charge in [0.2, 0.25) is 0 Å². The molecule has 0 unspecified atom stereocenters. The highest BCUT2D eigenvalue weighted by Crippen LogP contribution is 2.39. The number of ether oxygens (including phenoxy) is 1. The summed E-state index contributed by atoms with van der Waals surface area (Å²) in [6.07, 6.45) is 0. The fraction of sp³-hybridized carbons (Fsp3) is 0.385. The van der Waals surface area contributed by atoms with E-state index < -0.39 is 5.82 Å². The third-order valence-electron chi connectivity index (χ3n) is 6.68. The van der Waals surface area contributed by atoms with Crippen molar-refractivity contribution in [3.63, 3.8) is 0 Å². The molecule has 1 aliphatic rings. The standard InChI is InChI=1S/C26H28FN5O2/c1-5-34-20-13-18-23(22(27)24(20)31-10-8-30(4)9-11-31)32(15(2)3)26-21(25(18)33)17-7-6-16(14-28)12-19(17)29-26/h6-7,12-13,15,29H,5,8-11H2,1-4H3. The number of rotatable bonds is 4. The Bertz CT molecular complexity index is 1520. The highest BCUT2D eigenvalue weighted by molar-refractivity contribution is 6.10. The normalized spacial score (nSPS) is 15.0. The van der Waals surface area contributed by atoms with Crippen molar-refractivity contribution in [1.29, 1.82) is 5.26 Å². The number of anilines is 1. The van der Waals surface area contributed by atoms with E-state index in [1.807, 2.05) is 30.2 Å². The van der Waals surface area contributed by atoms with Crippen molar-refractivity contribution in [3.8, 4) is 11.8 Å². The van der Waals surface area contributed by atoms with E-state index in [2.05, 4.69) is 23.0 Å². The van der Waals surface area contributed by atoms with Gasteiger partial charge in [0.25, 0.3) is 0 Å². The Morgan fingerprint density at radius 1 is 1.18 bits per heavy atom. The molecular weight excluding hydrogens is 433 g/mol. The van der Waals surface area contributed by atoms with Crippen molar-refractivity contribution in [2.45, 2.75) is 26.8 Å². The highest BCUT2D eigenvalue weighted by atomic mass is 19.1. The largest absolute Gasteiger partial charge is 0.492 e. The molecule has 7 nitrogen and oxygen atoms in total. The zero-order chi connectivity index (χ0) is 24.1. The number of benzene rings is 2. The van der Waals surface area contributed by atoms with Gasteiger partial charge in [0.1, 0.15) is 17.1 Å². The Morgan fingerprint density at radius 3 is 2.56 bits per heavy atom. The number of aromatic amines is 1. The van der Waals surface area contributed by atoms with Gasteiger partial charge in [0, 0.05) is 43.1 Å². The van der Waals surface area contributed by atoms with Crippen LogP contribution in [0.2, 0.25) is 0 Å². The Kier molecular flexibility index (Phi) is 5.45. The van der Waals surface area contributed by atoms with Crippen molar-refractivity contribution >= 4 is 38.5 Å². The number of pyridine rings is 1. The molecule has 5 rings (SSSR count). The Hall–Kier alpha value is -3.57. The first-order valence-electron chi connectivity index (χ1n) is 11.7. The molecule has 176 valence electrons. The van der Waals surface area contributed by atoms with Crippen molar-refractivity contribution < 1.29 is 9.13 Å². The van der Waals surface area contributed by atoms with E-state index in [0.717, 1.165) is 18.5 Å². The third-order valence-corrected chi connectivity index (χ3v) is 6.68. The molecule has 8 heteroatoms. The predicted octanol–water partition coefficient (Wildman–Crippen LogP) is 4.38. The van der Waals surface area contributed by atoms with Crippen LogP contribution in [0.15, 0.2) is 29.1 Å². The first-order chi connectivity index (χ1) is 16.3. The van der Waals surface area contributed by atoms with Gasteiger partial charge in [0.05, 0.1) is 34.5 Å². The summed E-state index contributed by atoms with van der Waals surface area (Å²) in [5.74, 6) is -0.0370. The van der Waals surface area contributed by atoms with Gasteiger partial charge in [-0.15, -0.1) is 0 Å². The lowest BCUT2D eigenvalue weighted by Gasteiger charge is -2.35. The summed E-state index contributed by atoms with van der Waals surface area (Å²) < 4.78 is 24.2. The highest BCUT2D eigenvalue weighted by Gasteiger charge is 2.28. The van der Waals surface area contributed by atoms with Crippen molar-refractivity contribution in [2.24, 2.45) is 0 Å². The van der Waals surface area contributed by atoms with E-state index >= 15 is 4.39 Å². The van der Waals surface area contributed by atoms with Crippen LogP contribution in [0.25, 0.3) is 32.8 Å². The summed E-state index contributed by atoms with van der Waals surface area (Å²) in [4.78, 5) is 21.3. The van der Waals surface area contributed by atoms with Crippen LogP contribution < -0.4 is 15.1 Å². The quantitative estimate of drug-likeness (QED) is 0.488. The summed E-state index contributed by atoms with van der Waals surface area (Å²) in [7, 11) is 2.05. The number of fused-ring (bicyclic) bond motifs is 4. The van der Waals surface area contributed by atoms with Gasteiger partial charge in [-0.3, -0.25) is 4.79 Å². The van der Waals surface area contributed by atoms with E-state index in [1.165, 1.54) is 0 Å². The number of hydrogen-bond acceptors (Lipinski definition) is 5. The Balaban J connectivity index is 1.91. The van der Waals surface area contributed by atoms with Crippen LogP contribution in [0, 0.1) is 17.1 Å². The maximum Gasteiger partial charge on any atom is 0.199 e. The average molecular weight is 462 g/mol. The van der Waals surface area contributed by atoms with Crippen LogP contribution in [0.3, 0.4) is 0 Å². The first-order valence-corrected chi connectivity index (χ1v) is 11.7. The van der Waals surface area contributed by atoms with Gasteiger partial charge in [-0.05, 0) is 46.0 Å². The van der Waals surface area contributed by atoms with Gasteiger partial charge in [-0.1, -0.05) is 6.07 Å². The molecule has 1 aliphatic heterocycles. The smallest absolute Gasteiger partial charge is 0.199 e. The average Bonchev–Trinajstić information content (AvgIpc) is 3.19. The van der Waals surface area contributed by atoms with Crippen LogP contribution in [-0.4, -0.2) is 54.3 Å². The third kappa shape index (κ3) is 3.31. The van der Waals surface area contributed by atoms with Crippen LogP contribution in [0.1, 0.15) is 32.4 Å². The van der Waals surface area contributed by atoms with Crippen molar-refractivity contribution in [2.75, 3.05) is 44.7 Å². The molecule has 1 N–H and O–H groups in total. The first kappa shape index (κ1) is 22.2. The second kappa shape index (κ2) is 8.33. The topological polar surface area (TPSA) is 77.3 Å². The zero-order valence-corrected chi connectivity index (χ0v) is 19.9. The van der Waals surface area contributed by atoms with Gasteiger partial charge in [-0.25, -0.2) is 4.39 Å². The second-order valence-corrected chi connectivity index (χ2v) is 9.17. The van der Waals surface area contributed by atoms with Crippen LogP contribution in [0.4, 0.5) is 10.1 Å². The molecule has 0 amide bonds. The van der Waals surface area contributed by atoms with Gasteiger partial charge >= 0.3 is 0 Å². The summed E-state index contributed by atoms with van der Waals surface area (Å²) >= 11 is 0. The van der Waals surface area contributed by atoms with Gasteiger partial charge in [-0.2, -0.15) is 5.26 Å². The van der Waals surface area contributed by atoms with Crippen LogP contribution in [0.5, 0.6) is 5.75 Å². The number of piperazine rings is 1. The van der Waals surface area contributed by atoms with Crippen molar-refractivity contribution in [3.05, 3.63) is 45.9 Å². The number of nitrogens with one attached hydrogen (secondary N) is 1.